The molecule has 2 fully saturated rings. The first-order valence-corrected chi connectivity index (χ1v) is 13.9. The Morgan fingerprint density at radius 1 is 0.966 bits per heavy atom. The molecule has 1 aromatic carbocycles. The topological polar surface area (TPSA) is 0 Å². The Hall–Kier alpha value is -1.10. The van der Waals surface area contributed by atoms with Crippen molar-refractivity contribution in [3.05, 3.63) is 41.2 Å². The van der Waals surface area contributed by atoms with Crippen LogP contribution in [0.3, 0.4) is 0 Å². The van der Waals surface area contributed by atoms with Crippen LogP contribution in [0.15, 0.2) is 18.5 Å². The minimum absolute atomic E-state index is 0.138. The van der Waals surface area contributed by atoms with Crippen LogP contribution in [0.1, 0.15) is 81.8 Å². The molecular weight excluding hydrogens is 392 g/mol. The minimum Gasteiger partial charge on any atom is -0.212 e. The molecule has 0 atom stereocenters. The van der Waals surface area contributed by atoms with Crippen molar-refractivity contribution in [2.75, 3.05) is 0 Å². The predicted molar refractivity (Wildman–Crippen MR) is 115 cm³/mol. The third kappa shape index (κ3) is 5.96. The molecule has 1 aliphatic carbocycles. The number of hydrogen-bond acceptors (Lipinski definition) is 0. The van der Waals surface area contributed by atoms with Gasteiger partial charge in [0.05, 0.1) is 5.56 Å². The van der Waals surface area contributed by atoms with E-state index in [2.05, 4.69) is 6.92 Å². The largest absolute Gasteiger partial charge is 0.212 e. The van der Waals surface area contributed by atoms with Crippen molar-refractivity contribution in [3.8, 4) is 0 Å². The molecule has 3 rings (SSSR count). The van der Waals surface area contributed by atoms with Gasteiger partial charge in [-0.2, -0.15) is 0 Å². The quantitative estimate of drug-likeness (QED) is 0.304. The zero-order chi connectivity index (χ0) is 20.8. The highest BCUT2D eigenvalue weighted by Gasteiger charge is 2.27. The van der Waals surface area contributed by atoms with E-state index < -0.39 is 38.2 Å². The van der Waals surface area contributed by atoms with E-state index in [1.165, 1.54) is 75.2 Å². The molecule has 0 amide bonds. The molecule has 5 heteroatoms. The lowest BCUT2D eigenvalue weighted by molar-refractivity contribution is 0.257. The molecule has 0 bridgehead atoms. The molecule has 1 aromatic rings. The maximum Gasteiger partial charge on any atom is 0.164 e. The fourth-order valence-electron chi connectivity index (χ4n) is 5.58. The number of hydrogen-bond donors (Lipinski definition) is 0. The third-order valence-electron chi connectivity index (χ3n) is 7.36. The molecule has 0 spiro atoms. The van der Waals surface area contributed by atoms with Crippen LogP contribution in [0, 0.1) is 23.5 Å². The summed E-state index contributed by atoms with van der Waals surface area (Å²) in [6, 6.07) is 6.24. The Labute approximate surface area is 174 Å². The highest BCUT2D eigenvalue weighted by Crippen LogP contribution is 2.39. The highest BCUT2D eigenvalue weighted by atomic mass is 28.3. The van der Waals surface area contributed by atoms with Gasteiger partial charge in [0.1, 0.15) is 18.0 Å². The van der Waals surface area contributed by atoms with Crippen LogP contribution >= 0.6 is 0 Å². The second kappa shape index (κ2) is 10.8. The van der Waals surface area contributed by atoms with Crippen LogP contribution in [0.2, 0.25) is 18.1 Å². The zero-order valence-electron chi connectivity index (χ0n) is 17.5. The van der Waals surface area contributed by atoms with Crippen molar-refractivity contribution in [3.63, 3.8) is 0 Å². The van der Waals surface area contributed by atoms with E-state index in [-0.39, 0.29) is 5.92 Å². The number of benzene rings is 1. The van der Waals surface area contributed by atoms with E-state index in [1.807, 2.05) is 0 Å². The summed E-state index contributed by atoms with van der Waals surface area (Å²) in [5, 5.41) is 0. The molecule has 1 aliphatic heterocycles. The van der Waals surface area contributed by atoms with Crippen molar-refractivity contribution in [1.29, 1.82) is 0 Å². The molecule has 0 N–H and O–H groups in total. The lowest BCUT2D eigenvalue weighted by atomic mass is 9.79. The first-order chi connectivity index (χ1) is 14.0. The first-order valence-electron chi connectivity index (χ1n) is 11.5. The second-order valence-corrected chi connectivity index (χ2v) is 12.8. The standard InChI is InChI=1S/C24H34F4Si/c1-2-3-17-4-6-18(7-5-17)8-11-29-12-9-19(10-13-29)20-14-21(26)24(22(27)15-20)23(28)16-25/h14-19,29H,2-13H2,1H3/t17-,18-,19-,29-. The summed E-state index contributed by atoms with van der Waals surface area (Å²) in [6.45, 7) is 2.28. The van der Waals surface area contributed by atoms with Gasteiger partial charge >= 0.3 is 0 Å². The molecule has 1 saturated heterocycles. The van der Waals surface area contributed by atoms with Gasteiger partial charge < -0.3 is 0 Å². The monoisotopic (exact) mass is 426 g/mol. The average Bonchev–Trinajstić information content (AvgIpc) is 2.73. The first kappa shape index (κ1) is 22.6. The van der Waals surface area contributed by atoms with Crippen LogP contribution in [-0.4, -0.2) is 8.80 Å². The summed E-state index contributed by atoms with van der Waals surface area (Å²) in [7, 11) is -0.750. The zero-order valence-corrected chi connectivity index (χ0v) is 18.7. The Bertz CT molecular complexity index is 663. The highest BCUT2D eigenvalue weighted by molar-refractivity contribution is 6.59. The Kier molecular flexibility index (Phi) is 8.40. The summed E-state index contributed by atoms with van der Waals surface area (Å²) < 4.78 is 53.9. The second-order valence-electron chi connectivity index (χ2n) is 9.29. The maximum absolute atomic E-state index is 14.1. The summed E-state index contributed by atoms with van der Waals surface area (Å²) in [5.74, 6) is -1.49. The molecule has 0 nitrogen and oxygen atoms in total. The normalized spacial score (nSPS) is 28.5. The van der Waals surface area contributed by atoms with Gasteiger partial charge in [-0.05, 0) is 48.3 Å². The predicted octanol–water partition coefficient (Wildman–Crippen LogP) is 8.30. The Morgan fingerprint density at radius 3 is 2.03 bits per heavy atom. The molecule has 0 aromatic heterocycles. The average molecular weight is 427 g/mol. The van der Waals surface area contributed by atoms with Gasteiger partial charge in [-0.15, -0.1) is 0 Å². The van der Waals surface area contributed by atoms with Crippen molar-refractivity contribution in [2.24, 2.45) is 11.8 Å². The molecule has 0 unspecified atom stereocenters. The van der Waals surface area contributed by atoms with Gasteiger partial charge in [0.25, 0.3) is 0 Å². The van der Waals surface area contributed by atoms with Gasteiger partial charge in [-0.3, -0.25) is 0 Å². The molecule has 29 heavy (non-hydrogen) atoms. The summed E-state index contributed by atoms with van der Waals surface area (Å²) in [6.07, 6.45) is 11.3. The smallest absolute Gasteiger partial charge is 0.164 e. The molecule has 0 radical (unpaired) electrons. The van der Waals surface area contributed by atoms with E-state index in [1.54, 1.807) is 0 Å². The van der Waals surface area contributed by atoms with Crippen molar-refractivity contribution >= 4 is 14.6 Å². The summed E-state index contributed by atoms with van der Waals surface area (Å²) >= 11 is 0. The number of rotatable bonds is 7. The van der Waals surface area contributed by atoms with Crippen molar-refractivity contribution in [2.45, 2.75) is 88.8 Å². The van der Waals surface area contributed by atoms with Crippen LogP contribution in [0.25, 0.3) is 5.83 Å². The Balaban J connectivity index is 1.46. The van der Waals surface area contributed by atoms with E-state index in [0.29, 0.717) is 5.56 Å². The molecule has 2 aliphatic rings. The lowest BCUT2D eigenvalue weighted by Crippen LogP contribution is -2.22. The van der Waals surface area contributed by atoms with Gasteiger partial charge in [0.15, 0.2) is 5.83 Å². The van der Waals surface area contributed by atoms with Gasteiger partial charge in [0.2, 0.25) is 0 Å². The van der Waals surface area contributed by atoms with Crippen LogP contribution in [0.4, 0.5) is 17.6 Å². The maximum atomic E-state index is 14.1. The number of halogens is 4. The van der Waals surface area contributed by atoms with Gasteiger partial charge in [-0.1, -0.05) is 70.0 Å². The van der Waals surface area contributed by atoms with E-state index in [0.717, 1.165) is 24.7 Å². The van der Waals surface area contributed by atoms with Crippen LogP contribution in [0.5, 0.6) is 0 Å². The van der Waals surface area contributed by atoms with Gasteiger partial charge in [-0.25, -0.2) is 17.6 Å². The van der Waals surface area contributed by atoms with Crippen molar-refractivity contribution in [1.82, 2.24) is 0 Å². The SMILES string of the molecule is CCC[C@H]1CC[C@H](CC[Si@H]2CC[C@H](c3cc(F)c(C(F)=CF)c(F)c3)CC2)CC1. The third-order valence-corrected chi connectivity index (χ3v) is 10.8. The fourth-order valence-corrected chi connectivity index (χ4v) is 9.14. The van der Waals surface area contributed by atoms with E-state index >= 15 is 0 Å². The van der Waals surface area contributed by atoms with Crippen LogP contribution in [-0.2, 0) is 0 Å². The minimum atomic E-state index is -1.49. The van der Waals surface area contributed by atoms with E-state index in [4.69, 9.17) is 0 Å². The van der Waals surface area contributed by atoms with Gasteiger partial charge in [0, 0.05) is 8.80 Å². The molecule has 1 heterocycles. The molecule has 162 valence electrons. The van der Waals surface area contributed by atoms with Crippen LogP contribution < -0.4 is 0 Å². The summed E-state index contributed by atoms with van der Waals surface area (Å²) in [5.41, 5.74) is -0.301. The van der Waals surface area contributed by atoms with E-state index in [9.17, 15) is 17.6 Å². The lowest BCUT2D eigenvalue weighted by Gasteiger charge is -2.31. The Morgan fingerprint density at radius 2 is 1.52 bits per heavy atom. The molecular formula is C24H34F4Si. The fraction of sp³-hybridized carbons (Fsp3) is 0.667. The van der Waals surface area contributed by atoms with Crippen molar-refractivity contribution < 1.29 is 17.6 Å². The summed E-state index contributed by atoms with van der Waals surface area (Å²) in [4.78, 5) is 0. The molecule has 1 saturated carbocycles.